The van der Waals surface area contributed by atoms with Crippen LogP contribution in [-0.2, 0) is 0 Å². The number of fused-ring (bicyclic) bond motifs is 6. The van der Waals surface area contributed by atoms with Crippen molar-refractivity contribution < 1.29 is 4.42 Å². The van der Waals surface area contributed by atoms with Crippen LogP contribution in [0.25, 0.3) is 94.7 Å². The van der Waals surface area contributed by atoms with Crippen LogP contribution in [0.15, 0.2) is 174 Å². The van der Waals surface area contributed by atoms with Crippen molar-refractivity contribution in [1.29, 1.82) is 0 Å². The third-order valence-electron chi connectivity index (χ3n) is 9.48. The standard InChI is InChI=1S/C45H28N4O/c1-3-12-29(13-4-1)30-22-24-32(25-23-30)44-46-43(31-14-5-2-6-15-31)47-45(48-44)38-19-11-18-37-36-27-26-33(28-41(36)50-42(37)38)49-39-20-9-7-16-34(39)35-17-8-10-21-40(35)49/h1-28H. The minimum atomic E-state index is 0.563. The molecule has 10 rings (SSSR count). The Hall–Kier alpha value is -6.85. The molecule has 0 spiro atoms. The minimum absolute atomic E-state index is 0.563. The maximum Gasteiger partial charge on any atom is 0.167 e. The SMILES string of the molecule is c1ccc(-c2ccc(-c3nc(-c4ccccc4)nc(-c4cccc5c4oc4cc(-n6c7ccccc7c7ccccc76)ccc45)n3)cc2)cc1. The van der Waals surface area contributed by atoms with Gasteiger partial charge in [0.05, 0.1) is 16.6 Å². The average molecular weight is 641 g/mol. The van der Waals surface area contributed by atoms with E-state index in [1.54, 1.807) is 0 Å². The Kier molecular flexibility index (Phi) is 6.42. The number of hydrogen-bond acceptors (Lipinski definition) is 4. The number of para-hydroxylation sites is 3. The van der Waals surface area contributed by atoms with E-state index in [4.69, 9.17) is 19.4 Å². The zero-order chi connectivity index (χ0) is 33.0. The zero-order valence-corrected chi connectivity index (χ0v) is 26.9. The molecule has 10 aromatic rings. The van der Waals surface area contributed by atoms with Gasteiger partial charge in [-0.15, -0.1) is 0 Å². The summed E-state index contributed by atoms with van der Waals surface area (Å²) in [4.78, 5) is 15.0. The van der Waals surface area contributed by atoms with Crippen LogP contribution in [0.3, 0.4) is 0 Å². The van der Waals surface area contributed by atoms with Crippen molar-refractivity contribution in [3.63, 3.8) is 0 Å². The van der Waals surface area contributed by atoms with Crippen molar-refractivity contribution in [3.05, 3.63) is 170 Å². The summed E-state index contributed by atoms with van der Waals surface area (Å²) in [5.41, 5.74) is 9.88. The maximum atomic E-state index is 6.74. The number of benzene rings is 7. The summed E-state index contributed by atoms with van der Waals surface area (Å²) >= 11 is 0. The summed E-state index contributed by atoms with van der Waals surface area (Å²) in [5.74, 6) is 1.78. The lowest BCUT2D eigenvalue weighted by atomic mass is 10.0. The number of nitrogens with zero attached hydrogens (tertiary/aromatic N) is 4. The van der Waals surface area contributed by atoms with Crippen LogP contribution < -0.4 is 0 Å². The molecule has 5 heteroatoms. The third-order valence-corrected chi connectivity index (χ3v) is 9.48. The first kappa shape index (κ1) is 28.2. The molecule has 5 nitrogen and oxygen atoms in total. The molecule has 50 heavy (non-hydrogen) atoms. The van der Waals surface area contributed by atoms with Gasteiger partial charge in [-0.05, 0) is 41.5 Å². The fourth-order valence-electron chi connectivity index (χ4n) is 7.09. The lowest BCUT2D eigenvalue weighted by Gasteiger charge is -2.09. The molecule has 0 saturated carbocycles. The largest absolute Gasteiger partial charge is 0.455 e. The summed E-state index contributed by atoms with van der Waals surface area (Å²) in [6.07, 6.45) is 0. The highest BCUT2D eigenvalue weighted by atomic mass is 16.3. The van der Waals surface area contributed by atoms with Crippen molar-refractivity contribution in [2.45, 2.75) is 0 Å². The van der Waals surface area contributed by atoms with Crippen molar-refractivity contribution in [2.24, 2.45) is 0 Å². The molecule has 0 unspecified atom stereocenters. The zero-order valence-electron chi connectivity index (χ0n) is 26.9. The van der Waals surface area contributed by atoms with Crippen LogP contribution in [0.1, 0.15) is 0 Å². The first-order valence-corrected chi connectivity index (χ1v) is 16.7. The predicted molar refractivity (Wildman–Crippen MR) is 203 cm³/mol. The molecule has 0 aliphatic heterocycles. The van der Waals surface area contributed by atoms with E-state index in [0.717, 1.165) is 60.9 Å². The Labute approximate surface area is 287 Å². The van der Waals surface area contributed by atoms with Crippen LogP contribution in [-0.4, -0.2) is 19.5 Å². The third kappa shape index (κ3) is 4.60. The van der Waals surface area contributed by atoms with E-state index in [9.17, 15) is 0 Å². The Morgan fingerprint density at radius 2 is 0.900 bits per heavy atom. The molecule has 7 aromatic carbocycles. The van der Waals surface area contributed by atoms with Crippen molar-refractivity contribution in [3.8, 4) is 51.0 Å². The molecule has 234 valence electrons. The van der Waals surface area contributed by atoms with Gasteiger partial charge in [0.25, 0.3) is 0 Å². The maximum absolute atomic E-state index is 6.74. The van der Waals surface area contributed by atoms with Gasteiger partial charge in [0, 0.05) is 44.4 Å². The Bertz CT molecular complexity index is 2800. The second-order valence-corrected chi connectivity index (χ2v) is 12.5. The highest BCUT2D eigenvalue weighted by Gasteiger charge is 2.19. The van der Waals surface area contributed by atoms with Crippen LogP contribution >= 0.6 is 0 Å². The van der Waals surface area contributed by atoms with E-state index >= 15 is 0 Å². The van der Waals surface area contributed by atoms with Crippen LogP contribution in [0, 0.1) is 0 Å². The van der Waals surface area contributed by atoms with Crippen LogP contribution in [0.5, 0.6) is 0 Å². The fourth-order valence-corrected chi connectivity index (χ4v) is 7.09. The molecule has 0 fully saturated rings. The van der Waals surface area contributed by atoms with Crippen molar-refractivity contribution >= 4 is 43.7 Å². The first-order valence-electron chi connectivity index (χ1n) is 16.7. The van der Waals surface area contributed by atoms with Gasteiger partial charge in [0.15, 0.2) is 17.5 Å². The van der Waals surface area contributed by atoms with Gasteiger partial charge in [-0.2, -0.15) is 0 Å². The number of furan rings is 1. The molecule has 0 N–H and O–H groups in total. The van der Waals surface area contributed by atoms with E-state index in [2.05, 4.69) is 126 Å². The van der Waals surface area contributed by atoms with Crippen molar-refractivity contribution in [1.82, 2.24) is 19.5 Å². The van der Waals surface area contributed by atoms with Gasteiger partial charge in [0.1, 0.15) is 11.2 Å². The van der Waals surface area contributed by atoms with Crippen molar-refractivity contribution in [2.75, 3.05) is 0 Å². The smallest absolute Gasteiger partial charge is 0.167 e. The lowest BCUT2D eigenvalue weighted by molar-refractivity contribution is 0.669. The Balaban J connectivity index is 1.13. The van der Waals surface area contributed by atoms with Gasteiger partial charge >= 0.3 is 0 Å². The average Bonchev–Trinajstić information content (AvgIpc) is 3.74. The van der Waals surface area contributed by atoms with Gasteiger partial charge < -0.3 is 8.98 Å². The number of hydrogen-bond donors (Lipinski definition) is 0. The summed E-state index contributed by atoms with van der Waals surface area (Å²) in [6, 6.07) is 58.6. The van der Waals surface area contributed by atoms with Gasteiger partial charge in [0.2, 0.25) is 0 Å². The molecule has 0 amide bonds. The monoisotopic (exact) mass is 640 g/mol. The minimum Gasteiger partial charge on any atom is -0.455 e. The first-order chi connectivity index (χ1) is 24.8. The van der Waals surface area contributed by atoms with Crippen LogP contribution in [0.4, 0.5) is 0 Å². The topological polar surface area (TPSA) is 56.7 Å². The van der Waals surface area contributed by atoms with E-state index in [1.807, 2.05) is 48.5 Å². The van der Waals surface area contributed by atoms with E-state index in [0.29, 0.717) is 17.5 Å². The summed E-state index contributed by atoms with van der Waals surface area (Å²) in [6.45, 7) is 0. The quantitative estimate of drug-likeness (QED) is 0.188. The highest BCUT2D eigenvalue weighted by molar-refractivity contribution is 6.11. The predicted octanol–water partition coefficient (Wildman–Crippen LogP) is 11.5. The molecule has 0 aliphatic carbocycles. The second kappa shape index (κ2) is 11.4. The molecule has 0 saturated heterocycles. The van der Waals surface area contributed by atoms with E-state index in [1.165, 1.54) is 16.3 Å². The Morgan fingerprint density at radius 1 is 0.380 bits per heavy atom. The molecular weight excluding hydrogens is 613 g/mol. The molecular formula is C45H28N4O. The fraction of sp³-hybridized carbons (Fsp3) is 0. The Morgan fingerprint density at radius 3 is 1.58 bits per heavy atom. The number of rotatable bonds is 5. The summed E-state index contributed by atoms with van der Waals surface area (Å²) in [7, 11) is 0. The highest BCUT2D eigenvalue weighted by Crippen LogP contribution is 2.38. The normalized spacial score (nSPS) is 11.6. The molecule has 0 radical (unpaired) electrons. The van der Waals surface area contributed by atoms with Gasteiger partial charge in [-0.1, -0.05) is 133 Å². The van der Waals surface area contributed by atoms with E-state index in [-0.39, 0.29) is 0 Å². The molecule has 0 aliphatic rings. The van der Waals surface area contributed by atoms with E-state index < -0.39 is 0 Å². The van der Waals surface area contributed by atoms with Gasteiger partial charge in [-0.3, -0.25) is 0 Å². The number of aromatic nitrogens is 4. The molecule has 0 atom stereocenters. The van der Waals surface area contributed by atoms with Crippen LogP contribution in [0.2, 0.25) is 0 Å². The summed E-state index contributed by atoms with van der Waals surface area (Å²) < 4.78 is 9.05. The molecule has 3 aromatic heterocycles. The van der Waals surface area contributed by atoms with Gasteiger partial charge in [-0.25, -0.2) is 15.0 Å². The molecule has 0 bridgehead atoms. The lowest BCUT2D eigenvalue weighted by Crippen LogP contribution is -2.00. The summed E-state index contributed by atoms with van der Waals surface area (Å²) in [5, 5.41) is 4.51. The second-order valence-electron chi connectivity index (χ2n) is 12.5. The molecule has 3 heterocycles.